The van der Waals surface area contributed by atoms with Crippen LogP contribution in [0, 0.1) is 0 Å². The van der Waals surface area contributed by atoms with Gasteiger partial charge in [0.1, 0.15) is 0 Å². The van der Waals surface area contributed by atoms with Crippen LogP contribution >= 0.6 is 23.1 Å². The second-order valence-electron chi connectivity index (χ2n) is 4.60. The summed E-state index contributed by atoms with van der Waals surface area (Å²) in [7, 11) is 0. The highest BCUT2D eigenvalue weighted by molar-refractivity contribution is 8.01. The number of hydrogen-bond acceptors (Lipinski definition) is 5. The van der Waals surface area contributed by atoms with Crippen molar-refractivity contribution in [3.63, 3.8) is 0 Å². The molecule has 0 bridgehead atoms. The third-order valence-electron chi connectivity index (χ3n) is 3.22. The Morgan fingerprint density at radius 2 is 2.17 bits per heavy atom. The minimum absolute atomic E-state index is 0.819. The van der Waals surface area contributed by atoms with Gasteiger partial charge in [0.2, 0.25) is 0 Å². The summed E-state index contributed by atoms with van der Waals surface area (Å²) in [5, 5.41) is 0. The van der Waals surface area contributed by atoms with Crippen molar-refractivity contribution in [3.05, 3.63) is 18.2 Å². The van der Waals surface area contributed by atoms with E-state index in [9.17, 15) is 0 Å². The van der Waals surface area contributed by atoms with Crippen LogP contribution in [0.4, 0.5) is 5.69 Å². The molecule has 1 aromatic heterocycles. The van der Waals surface area contributed by atoms with Crippen molar-refractivity contribution in [3.8, 4) is 0 Å². The molecule has 1 fully saturated rings. The molecule has 1 aliphatic rings. The lowest BCUT2D eigenvalue weighted by Crippen LogP contribution is -2.21. The number of nitrogen functional groups attached to an aromatic ring is 1. The van der Waals surface area contributed by atoms with Gasteiger partial charge in [-0.25, -0.2) is 4.98 Å². The van der Waals surface area contributed by atoms with Gasteiger partial charge in [-0.05, 0) is 44.1 Å². The minimum atomic E-state index is 0.819. The first kappa shape index (κ1) is 12.3. The average molecular weight is 279 g/mol. The molecule has 2 aromatic rings. The summed E-state index contributed by atoms with van der Waals surface area (Å²) in [5.41, 5.74) is 7.67. The van der Waals surface area contributed by atoms with Crippen LogP contribution in [-0.2, 0) is 0 Å². The molecule has 96 valence electrons. The van der Waals surface area contributed by atoms with Gasteiger partial charge in [0.25, 0.3) is 0 Å². The highest BCUT2D eigenvalue weighted by Gasteiger charge is 2.11. The molecule has 0 saturated carbocycles. The van der Waals surface area contributed by atoms with E-state index in [4.69, 9.17) is 5.73 Å². The molecule has 0 unspecified atom stereocenters. The SMILES string of the molecule is Nc1ccc2nc(SCCN3CCCC3)sc2c1. The standard InChI is InChI=1S/C13H17N3S2/c14-10-3-4-11-12(9-10)18-13(15-11)17-8-7-16-5-1-2-6-16/h3-4,9H,1-2,5-8,14H2. The van der Waals surface area contributed by atoms with E-state index >= 15 is 0 Å². The topological polar surface area (TPSA) is 42.1 Å². The Kier molecular flexibility index (Phi) is 3.72. The van der Waals surface area contributed by atoms with Gasteiger partial charge in [-0.1, -0.05) is 11.8 Å². The molecule has 1 aliphatic heterocycles. The van der Waals surface area contributed by atoms with E-state index in [1.54, 1.807) is 11.3 Å². The van der Waals surface area contributed by atoms with Crippen molar-refractivity contribution < 1.29 is 0 Å². The summed E-state index contributed by atoms with van der Waals surface area (Å²) in [6.45, 7) is 3.73. The Morgan fingerprint density at radius 3 is 3.00 bits per heavy atom. The first-order valence-electron chi connectivity index (χ1n) is 6.32. The molecule has 0 spiro atoms. The van der Waals surface area contributed by atoms with E-state index in [1.165, 1.54) is 37.2 Å². The molecule has 3 nitrogen and oxygen atoms in total. The van der Waals surface area contributed by atoms with Crippen LogP contribution in [0.15, 0.2) is 22.5 Å². The minimum Gasteiger partial charge on any atom is -0.399 e. The molecular formula is C13H17N3S2. The molecule has 3 rings (SSSR count). The molecule has 18 heavy (non-hydrogen) atoms. The van der Waals surface area contributed by atoms with Gasteiger partial charge in [-0.15, -0.1) is 11.3 Å². The molecule has 1 saturated heterocycles. The van der Waals surface area contributed by atoms with Crippen LogP contribution in [0.1, 0.15) is 12.8 Å². The van der Waals surface area contributed by atoms with Crippen molar-refractivity contribution in [1.29, 1.82) is 0 Å². The number of fused-ring (bicyclic) bond motifs is 1. The number of anilines is 1. The van der Waals surface area contributed by atoms with E-state index in [0.29, 0.717) is 0 Å². The first-order chi connectivity index (χ1) is 8.81. The number of thioether (sulfide) groups is 1. The van der Waals surface area contributed by atoms with Gasteiger partial charge in [0, 0.05) is 18.0 Å². The summed E-state index contributed by atoms with van der Waals surface area (Å²) in [5.74, 6) is 1.13. The average Bonchev–Trinajstić information content (AvgIpc) is 2.97. The highest BCUT2D eigenvalue weighted by atomic mass is 32.2. The fourth-order valence-electron chi connectivity index (χ4n) is 2.25. The molecule has 2 heterocycles. The van der Waals surface area contributed by atoms with Crippen LogP contribution in [0.5, 0.6) is 0 Å². The number of benzene rings is 1. The Balaban J connectivity index is 1.60. The van der Waals surface area contributed by atoms with Gasteiger partial charge in [0.05, 0.1) is 10.2 Å². The highest BCUT2D eigenvalue weighted by Crippen LogP contribution is 2.30. The van der Waals surface area contributed by atoms with Gasteiger partial charge in [-0.2, -0.15) is 0 Å². The van der Waals surface area contributed by atoms with Crippen molar-refractivity contribution in [2.45, 2.75) is 17.2 Å². The predicted molar refractivity (Wildman–Crippen MR) is 80.4 cm³/mol. The number of thiazole rings is 1. The maximum atomic E-state index is 5.78. The number of likely N-dealkylation sites (tertiary alicyclic amines) is 1. The van der Waals surface area contributed by atoms with Crippen molar-refractivity contribution in [2.24, 2.45) is 0 Å². The Labute approximate surface area is 115 Å². The number of aromatic nitrogens is 1. The van der Waals surface area contributed by atoms with E-state index < -0.39 is 0 Å². The number of nitrogens with zero attached hydrogens (tertiary/aromatic N) is 2. The molecule has 0 aliphatic carbocycles. The third-order valence-corrected chi connectivity index (χ3v) is 5.37. The molecular weight excluding hydrogens is 262 g/mol. The Morgan fingerprint density at radius 1 is 1.33 bits per heavy atom. The summed E-state index contributed by atoms with van der Waals surface area (Å²) < 4.78 is 2.36. The summed E-state index contributed by atoms with van der Waals surface area (Å²) in [6.07, 6.45) is 2.73. The van der Waals surface area contributed by atoms with Crippen molar-refractivity contribution in [1.82, 2.24) is 9.88 Å². The van der Waals surface area contributed by atoms with E-state index in [1.807, 2.05) is 30.0 Å². The second kappa shape index (κ2) is 5.47. The number of nitrogens with two attached hydrogens (primary N) is 1. The van der Waals surface area contributed by atoms with E-state index in [2.05, 4.69) is 9.88 Å². The monoisotopic (exact) mass is 279 g/mol. The molecule has 5 heteroatoms. The fraction of sp³-hybridized carbons (Fsp3) is 0.462. The lowest BCUT2D eigenvalue weighted by molar-refractivity contribution is 0.362. The lowest BCUT2D eigenvalue weighted by atomic mass is 10.3. The van der Waals surface area contributed by atoms with Gasteiger partial charge in [0.15, 0.2) is 4.34 Å². The zero-order chi connectivity index (χ0) is 12.4. The van der Waals surface area contributed by atoms with Crippen LogP contribution in [-0.4, -0.2) is 35.3 Å². The third kappa shape index (κ3) is 2.79. The van der Waals surface area contributed by atoms with Crippen LogP contribution in [0.2, 0.25) is 0 Å². The van der Waals surface area contributed by atoms with Crippen LogP contribution in [0.3, 0.4) is 0 Å². The van der Waals surface area contributed by atoms with Crippen molar-refractivity contribution >= 4 is 39.0 Å². The quantitative estimate of drug-likeness (QED) is 0.690. The predicted octanol–water partition coefficient (Wildman–Crippen LogP) is 3.07. The Bertz CT molecular complexity index is 532. The maximum absolute atomic E-state index is 5.78. The fourth-order valence-corrected chi connectivity index (χ4v) is 4.44. The van der Waals surface area contributed by atoms with Crippen molar-refractivity contribution in [2.75, 3.05) is 31.1 Å². The molecule has 1 aromatic carbocycles. The number of hydrogen-bond donors (Lipinski definition) is 1. The summed E-state index contributed by atoms with van der Waals surface area (Å²) >= 11 is 3.61. The normalized spacial score (nSPS) is 16.7. The van der Waals surface area contributed by atoms with Gasteiger partial charge < -0.3 is 10.6 Å². The lowest BCUT2D eigenvalue weighted by Gasteiger charge is -2.12. The van der Waals surface area contributed by atoms with E-state index in [-0.39, 0.29) is 0 Å². The van der Waals surface area contributed by atoms with Crippen LogP contribution < -0.4 is 5.73 Å². The Hall–Kier alpha value is -0.780. The smallest absolute Gasteiger partial charge is 0.151 e. The molecule has 2 N–H and O–H groups in total. The second-order valence-corrected chi connectivity index (χ2v) is 6.98. The summed E-state index contributed by atoms with van der Waals surface area (Å²) in [6, 6.07) is 5.93. The molecule has 0 amide bonds. The van der Waals surface area contributed by atoms with Gasteiger partial charge in [-0.3, -0.25) is 0 Å². The molecule has 0 radical (unpaired) electrons. The van der Waals surface area contributed by atoms with Crippen LogP contribution in [0.25, 0.3) is 10.2 Å². The largest absolute Gasteiger partial charge is 0.399 e. The van der Waals surface area contributed by atoms with E-state index in [0.717, 1.165) is 21.3 Å². The molecule has 0 atom stereocenters. The zero-order valence-corrected chi connectivity index (χ0v) is 11.9. The zero-order valence-electron chi connectivity index (χ0n) is 10.3. The summed E-state index contributed by atoms with van der Waals surface area (Å²) in [4.78, 5) is 7.17. The number of rotatable bonds is 4. The maximum Gasteiger partial charge on any atom is 0.151 e. The first-order valence-corrected chi connectivity index (χ1v) is 8.13. The van der Waals surface area contributed by atoms with Gasteiger partial charge >= 0.3 is 0 Å².